The second kappa shape index (κ2) is 4.32. The molecule has 4 atom stereocenters. The average molecular weight is 327 g/mol. The van der Waals surface area contributed by atoms with Gasteiger partial charge in [-0.25, -0.2) is 0 Å². The lowest BCUT2D eigenvalue weighted by Crippen LogP contribution is -2.30. The molecule has 5 heteroatoms. The fourth-order valence-electron chi connectivity index (χ4n) is 4.89. The maximum atomic E-state index is 12.7. The van der Waals surface area contributed by atoms with E-state index >= 15 is 0 Å². The van der Waals surface area contributed by atoms with Gasteiger partial charge in [0.05, 0.1) is 18.1 Å². The highest BCUT2D eigenvalue weighted by Gasteiger charge is 2.73. The Hall–Kier alpha value is -1.94. The van der Waals surface area contributed by atoms with Crippen LogP contribution in [0.15, 0.2) is 41.5 Å². The van der Waals surface area contributed by atoms with Crippen molar-refractivity contribution >= 4 is 29.6 Å². The van der Waals surface area contributed by atoms with Gasteiger partial charge in [-0.05, 0) is 47.8 Å². The van der Waals surface area contributed by atoms with Crippen LogP contribution in [0.3, 0.4) is 0 Å². The number of halogens is 1. The van der Waals surface area contributed by atoms with Gasteiger partial charge in [-0.2, -0.15) is 10.1 Å². The van der Waals surface area contributed by atoms with Gasteiger partial charge in [-0.15, -0.1) is 0 Å². The molecule has 0 aromatic heterocycles. The van der Waals surface area contributed by atoms with Crippen LogP contribution in [0, 0.1) is 29.1 Å². The van der Waals surface area contributed by atoms with Crippen molar-refractivity contribution in [1.29, 1.82) is 0 Å². The fraction of sp³-hybridized carbons (Fsp3) is 0.389. The number of nitrogens with zero attached hydrogens (tertiary/aromatic N) is 2. The van der Waals surface area contributed by atoms with E-state index in [1.807, 2.05) is 12.1 Å². The smallest absolute Gasteiger partial charge is 0.254 e. The molecule has 3 aliphatic carbocycles. The summed E-state index contributed by atoms with van der Waals surface area (Å²) in [7, 11) is 0. The number of carbonyl (C=O) groups is 2. The lowest BCUT2D eigenvalue weighted by atomic mass is 9.85. The summed E-state index contributed by atoms with van der Waals surface area (Å²) in [6.45, 7) is 0. The third-order valence-corrected chi connectivity index (χ3v) is 6.24. The highest BCUT2D eigenvalue weighted by Crippen LogP contribution is 2.73. The largest absolute Gasteiger partial charge is 0.272 e. The van der Waals surface area contributed by atoms with E-state index in [0.29, 0.717) is 5.02 Å². The van der Waals surface area contributed by atoms with Crippen molar-refractivity contribution in [3.8, 4) is 0 Å². The number of amides is 2. The van der Waals surface area contributed by atoms with Gasteiger partial charge in [0.1, 0.15) is 0 Å². The summed E-state index contributed by atoms with van der Waals surface area (Å²) in [5, 5.41) is 5.85. The summed E-state index contributed by atoms with van der Waals surface area (Å²) < 4.78 is 0. The molecular weight excluding hydrogens is 312 g/mol. The molecule has 4 nitrogen and oxygen atoms in total. The SMILES string of the molecule is O=C1[C@H]2[C@H](C(=O)N1/N=C\c1cccc(Cl)c1)[C@H]1C=C[C@H]2C12CC2. The van der Waals surface area contributed by atoms with Crippen molar-refractivity contribution < 1.29 is 9.59 Å². The standard InChI is InChI=1S/C18H15ClN2O2/c19-11-3-1-2-10(8-11)9-20-21-16(22)14-12-4-5-13(15(14)17(21)23)18(12)6-7-18/h1-5,8-9,12-15H,6-7H2/b20-9-/t12-,13-,14-,15-/m1/s1. The van der Waals surface area contributed by atoms with E-state index in [0.717, 1.165) is 23.4 Å². The van der Waals surface area contributed by atoms with E-state index in [1.54, 1.807) is 12.1 Å². The normalized spacial score (nSPS) is 35.8. The van der Waals surface area contributed by atoms with Crippen molar-refractivity contribution in [3.05, 3.63) is 47.0 Å². The monoisotopic (exact) mass is 326 g/mol. The number of rotatable bonds is 2. The predicted octanol–water partition coefficient (Wildman–Crippen LogP) is 2.87. The molecule has 4 aliphatic rings. The zero-order valence-electron chi connectivity index (χ0n) is 12.4. The van der Waals surface area contributed by atoms with E-state index < -0.39 is 0 Å². The van der Waals surface area contributed by atoms with Gasteiger partial charge < -0.3 is 0 Å². The quantitative estimate of drug-likeness (QED) is 0.476. The Bertz CT molecular complexity index is 762. The number of hydrazone groups is 1. The lowest BCUT2D eigenvalue weighted by molar-refractivity contribution is -0.141. The van der Waals surface area contributed by atoms with Crippen LogP contribution in [0.25, 0.3) is 0 Å². The third kappa shape index (κ3) is 1.65. The number of hydrogen-bond acceptors (Lipinski definition) is 3. The average Bonchev–Trinajstić information content (AvgIpc) is 3.13. The van der Waals surface area contributed by atoms with Gasteiger partial charge in [0.2, 0.25) is 0 Å². The first kappa shape index (κ1) is 13.5. The zero-order valence-corrected chi connectivity index (χ0v) is 13.1. The Morgan fingerprint density at radius 2 is 1.78 bits per heavy atom. The molecule has 1 aromatic carbocycles. The van der Waals surface area contributed by atoms with Crippen LogP contribution >= 0.6 is 11.6 Å². The van der Waals surface area contributed by atoms with Crippen LogP contribution in [0.2, 0.25) is 5.02 Å². The van der Waals surface area contributed by atoms with Crippen molar-refractivity contribution in [2.24, 2.45) is 34.2 Å². The molecule has 0 radical (unpaired) electrons. The van der Waals surface area contributed by atoms with Crippen LogP contribution in [0.5, 0.6) is 0 Å². The zero-order chi connectivity index (χ0) is 15.8. The highest BCUT2D eigenvalue weighted by atomic mass is 35.5. The minimum Gasteiger partial charge on any atom is -0.272 e. The number of fused-ring (bicyclic) bond motifs is 3. The lowest BCUT2D eigenvalue weighted by Gasteiger charge is -2.18. The third-order valence-electron chi connectivity index (χ3n) is 6.00. The van der Waals surface area contributed by atoms with Crippen molar-refractivity contribution in [3.63, 3.8) is 0 Å². The molecule has 0 unspecified atom stereocenters. The van der Waals surface area contributed by atoms with Gasteiger partial charge in [-0.1, -0.05) is 35.9 Å². The maximum absolute atomic E-state index is 12.7. The molecule has 3 fully saturated rings. The second-order valence-electron chi connectivity index (χ2n) is 7.01. The van der Waals surface area contributed by atoms with Crippen LogP contribution < -0.4 is 0 Å². The molecule has 2 bridgehead atoms. The van der Waals surface area contributed by atoms with Crippen LogP contribution in [0.1, 0.15) is 18.4 Å². The molecule has 5 rings (SSSR count). The molecule has 1 aromatic rings. The molecule has 2 saturated carbocycles. The molecule has 1 spiro atoms. The molecule has 1 aliphatic heterocycles. The van der Waals surface area contributed by atoms with Crippen LogP contribution in [0.4, 0.5) is 0 Å². The number of carbonyl (C=O) groups excluding carboxylic acids is 2. The minimum atomic E-state index is -0.198. The van der Waals surface area contributed by atoms with E-state index in [1.165, 1.54) is 6.21 Å². The molecule has 0 N–H and O–H groups in total. The molecular formula is C18H15ClN2O2. The molecule has 1 heterocycles. The number of hydrogen-bond donors (Lipinski definition) is 0. The van der Waals surface area contributed by atoms with Gasteiger partial charge in [0.15, 0.2) is 0 Å². The summed E-state index contributed by atoms with van der Waals surface area (Å²) in [6, 6.07) is 7.17. The number of allylic oxidation sites excluding steroid dienone is 2. The summed E-state index contributed by atoms with van der Waals surface area (Å²) in [6.07, 6.45) is 8.15. The van der Waals surface area contributed by atoms with Crippen LogP contribution in [-0.4, -0.2) is 23.0 Å². The topological polar surface area (TPSA) is 49.7 Å². The van der Waals surface area contributed by atoms with E-state index in [4.69, 9.17) is 11.6 Å². The van der Waals surface area contributed by atoms with E-state index in [9.17, 15) is 9.59 Å². The molecule has 23 heavy (non-hydrogen) atoms. The van der Waals surface area contributed by atoms with Crippen molar-refractivity contribution in [2.45, 2.75) is 12.8 Å². The maximum Gasteiger partial charge on any atom is 0.254 e. The Morgan fingerprint density at radius 1 is 1.13 bits per heavy atom. The van der Waals surface area contributed by atoms with E-state index in [-0.39, 0.29) is 40.9 Å². The molecule has 116 valence electrons. The Kier molecular flexibility index (Phi) is 2.54. The summed E-state index contributed by atoms with van der Waals surface area (Å²) in [5.74, 6) is -0.198. The van der Waals surface area contributed by atoms with Crippen LogP contribution in [-0.2, 0) is 9.59 Å². The second-order valence-corrected chi connectivity index (χ2v) is 7.45. The van der Waals surface area contributed by atoms with Gasteiger partial charge in [0, 0.05) is 5.02 Å². The predicted molar refractivity (Wildman–Crippen MR) is 85.7 cm³/mol. The summed E-state index contributed by atoms with van der Waals surface area (Å²) in [4.78, 5) is 25.4. The van der Waals surface area contributed by atoms with Gasteiger partial charge in [0.25, 0.3) is 11.8 Å². The first-order valence-corrected chi connectivity index (χ1v) is 8.35. The Morgan fingerprint density at radius 3 is 2.35 bits per heavy atom. The summed E-state index contributed by atoms with van der Waals surface area (Å²) >= 11 is 5.94. The first-order valence-electron chi connectivity index (χ1n) is 7.97. The van der Waals surface area contributed by atoms with Crippen molar-refractivity contribution in [1.82, 2.24) is 5.01 Å². The van der Waals surface area contributed by atoms with Gasteiger partial charge >= 0.3 is 0 Å². The first-order chi connectivity index (χ1) is 11.1. The Labute approximate surface area is 138 Å². The van der Waals surface area contributed by atoms with Crippen molar-refractivity contribution in [2.75, 3.05) is 0 Å². The van der Waals surface area contributed by atoms with E-state index in [2.05, 4.69) is 17.3 Å². The molecule has 2 amide bonds. The number of benzene rings is 1. The fourth-order valence-corrected chi connectivity index (χ4v) is 5.09. The summed E-state index contributed by atoms with van der Waals surface area (Å²) in [5.41, 5.74) is 0.999. The highest BCUT2D eigenvalue weighted by molar-refractivity contribution is 6.30. The van der Waals surface area contributed by atoms with Gasteiger partial charge in [-0.3, -0.25) is 9.59 Å². The number of imide groups is 1. The minimum absolute atomic E-state index is 0.138. The Balaban J connectivity index is 1.44. The molecule has 1 saturated heterocycles.